The maximum absolute atomic E-state index is 12.8. The molecule has 0 radical (unpaired) electrons. The second kappa shape index (κ2) is 6.47. The highest BCUT2D eigenvalue weighted by Gasteiger charge is 2.42. The van der Waals surface area contributed by atoms with Crippen molar-refractivity contribution in [2.45, 2.75) is 31.2 Å². The van der Waals surface area contributed by atoms with Crippen molar-refractivity contribution in [2.24, 2.45) is 5.92 Å². The van der Waals surface area contributed by atoms with Crippen LogP contribution in [0, 0.1) is 5.92 Å². The molecule has 2 aliphatic rings. The largest absolute Gasteiger partial charge is 0.354 e. The molecule has 1 unspecified atom stereocenters. The summed E-state index contributed by atoms with van der Waals surface area (Å²) in [5, 5.41) is 7.69. The van der Waals surface area contributed by atoms with Crippen LogP contribution in [0.2, 0.25) is 0 Å². The van der Waals surface area contributed by atoms with Crippen LogP contribution in [0.1, 0.15) is 19.3 Å². The highest BCUT2D eigenvalue weighted by molar-refractivity contribution is 5.85. The van der Waals surface area contributed by atoms with Gasteiger partial charge in [-0.05, 0) is 12.8 Å². The molecule has 0 bridgehead atoms. The van der Waals surface area contributed by atoms with Gasteiger partial charge >= 0.3 is 0 Å². The molecule has 3 N–H and O–H groups in total. The minimum atomic E-state index is -2.80. The van der Waals surface area contributed by atoms with Gasteiger partial charge in [0.15, 0.2) is 0 Å². The van der Waals surface area contributed by atoms with Crippen LogP contribution in [-0.2, 0) is 9.59 Å². The molecule has 2 fully saturated rings. The number of halogens is 3. The zero-order valence-electron chi connectivity index (χ0n) is 10.4. The van der Waals surface area contributed by atoms with Crippen LogP contribution in [0.15, 0.2) is 0 Å². The smallest absolute Gasteiger partial charge is 0.262 e. The lowest BCUT2D eigenvalue weighted by Crippen LogP contribution is -2.43. The Morgan fingerprint density at radius 3 is 2.21 bits per heavy atom. The van der Waals surface area contributed by atoms with Crippen LogP contribution in [0.3, 0.4) is 0 Å². The van der Waals surface area contributed by atoms with Crippen LogP contribution in [0.4, 0.5) is 8.78 Å². The van der Waals surface area contributed by atoms with Gasteiger partial charge in [0.25, 0.3) is 5.92 Å². The Labute approximate surface area is 116 Å². The third kappa shape index (κ3) is 4.91. The summed E-state index contributed by atoms with van der Waals surface area (Å²) in [6.45, 7) is 0.148. The summed E-state index contributed by atoms with van der Waals surface area (Å²) < 4.78 is 25.7. The van der Waals surface area contributed by atoms with E-state index in [-0.39, 0.29) is 30.8 Å². The van der Waals surface area contributed by atoms with E-state index < -0.39 is 30.8 Å². The standard InChI is InChI=1S/C11H17F2N3O2.ClH/c12-11(13)5-8(16-6-11)10(18)15-4-3-14-9(17)7-1-2-7;/h7-8,16H,1-6H2,(H,14,17)(H,15,18);1H. The van der Waals surface area contributed by atoms with Gasteiger partial charge in [-0.3, -0.25) is 14.9 Å². The number of amides is 2. The lowest BCUT2D eigenvalue weighted by atomic mass is 10.2. The highest BCUT2D eigenvalue weighted by Crippen LogP contribution is 2.28. The average molecular weight is 298 g/mol. The Kier molecular flexibility index (Phi) is 5.49. The van der Waals surface area contributed by atoms with E-state index in [2.05, 4.69) is 16.0 Å². The Bertz CT molecular complexity index is 351. The van der Waals surface area contributed by atoms with E-state index in [4.69, 9.17) is 0 Å². The molecule has 5 nitrogen and oxygen atoms in total. The Morgan fingerprint density at radius 2 is 1.74 bits per heavy atom. The minimum Gasteiger partial charge on any atom is -0.354 e. The van der Waals surface area contributed by atoms with Crippen molar-refractivity contribution >= 4 is 24.2 Å². The second-order valence-electron chi connectivity index (χ2n) is 4.85. The first-order valence-corrected chi connectivity index (χ1v) is 6.14. The molecule has 0 spiro atoms. The second-order valence-corrected chi connectivity index (χ2v) is 4.85. The third-order valence-electron chi connectivity index (χ3n) is 3.10. The van der Waals surface area contributed by atoms with Gasteiger partial charge in [-0.1, -0.05) is 0 Å². The maximum atomic E-state index is 12.8. The van der Waals surface area contributed by atoms with Crippen LogP contribution in [-0.4, -0.2) is 43.4 Å². The number of rotatable bonds is 5. The van der Waals surface area contributed by atoms with Crippen molar-refractivity contribution in [2.75, 3.05) is 19.6 Å². The molecule has 1 saturated carbocycles. The topological polar surface area (TPSA) is 70.2 Å². The van der Waals surface area contributed by atoms with Crippen LogP contribution < -0.4 is 16.0 Å². The van der Waals surface area contributed by atoms with Gasteiger partial charge in [0, 0.05) is 25.4 Å². The zero-order chi connectivity index (χ0) is 13.2. The SMILES string of the molecule is Cl.O=C(NCCNC(=O)C1CC(F)(F)CN1)C1CC1. The zero-order valence-corrected chi connectivity index (χ0v) is 11.2. The van der Waals surface area contributed by atoms with Crippen molar-refractivity contribution in [1.29, 1.82) is 0 Å². The number of hydrogen-bond acceptors (Lipinski definition) is 3. The van der Waals surface area contributed by atoms with Crippen LogP contribution >= 0.6 is 12.4 Å². The fourth-order valence-electron chi connectivity index (χ4n) is 1.89. The van der Waals surface area contributed by atoms with Crippen molar-refractivity contribution in [3.05, 3.63) is 0 Å². The average Bonchev–Trinajstić information content (AvgIpc) is 3.08. The van der Waals surface area contributed by atoms with Gasteiger partial charge < -0.3 is 10.6 Å². The Balaban J connectivity index is 0.00000180. The van der Waals surface area contributed by atoms with Gasteiger partial charge in [-0.25, -0.2) is 8.78 Å². The lowest BCUT2D eigenvalue weighted by Gasteiger charge is -2.11. The molecule has 8 heteroatoms. The molecule has 2 rings (SSSR count). The first kappa shape index (κ1) is 16.1. The maximum Gasteiger partial charge on any atom is 0.262 e. The van der Waals surface area contributed by atoms with Crippen molar-refractivity contribution in [1.82, 2.24) is 16.0 Å². The summed E-state index contributed by atoms with van der Waals surface area (Å²) in [6.07, 6.45) is 1.39. The van der Waals surface area contributed by atoms with Crippen LogP contribution in [0.25, 0.3) is 0 Å². The molecule has 1 aliphatic carbocycles. The van der Waals surface area contributed by atoms with E-state index in [1.807, 2.05) is 0 Å². The molecule has 110 valence electrons. The molecule has 1 atom stereocenters. The Hall–Kier alpha value is -0.950. The summed E-state index contributed by atoms with van der Waals surface area (Å²) in [5.74, 6) is -3.10. The number of carbonyl (C=O) groups is 2. The van der Waals surface area contributed by atoms with Gasteiger partial charge in [0.05, 0.1) is 12.6 Å². The van der Waals surface area contributed by atoms with Gasteiger partial charge in [0.2, 0.25) is 11.8 Å². The van der Waals surface area contributed by atoms with Crippen LogP contribution in [0.5, 0.6) is 0 Å². The molecular formula is C11H18ClF2N3O2. The number of nitrogens with one attached hydrogen (secondary N) is 3. The van der Waals surface area contributed by atoms with Crippen molar-refractivity contribution in [3.63, 3.8) is 0 Å². The monoisotopic (exact) mass is 297 g/mol. The molecule has 2 amide bonds. The van der Waals surface area contributed by atoms with Crippen molar-refractivity contribution in [3.8, 4) is 0 Å². The molecule has 19 heavy (non-hydrogen) atoms. The molecule has 0 aromatic carbocycles. The molecule has 1 aliphatic heterocycles. The number of carbonyl (C=O) groups excluding carboxylic acids is 2. The van der Waals surface area contributed by atoms with E-state index in [0.29, 0.717) is 6.54 Å². The van der Waals surface area contributed by atoms with E-state index in [9.17, 15) is 18.4 Å². The number of alkyl halides is 2. The molecule has 1 heterocycles. The summed E-state index contributed by atoms with van der Waals surface area (Å²) in [5.41, 5.74) is 0. The minimum absolute atomic E-state index is 0. The summed E-state index contributed by atoms with van der Waals surface area (Å²) in [7, 11) is 0. The fraction of sp³-hybridized carbons (Fsp3) is 0.818. The summed E-state index contributed by atoms with van der Waals surface area (Å²) in [6, 6.07) is -0.834. The lowest BCUT2D eigenvalue weighted by molar-refractivity contribution is -0.124. The van der Waals surface area contributed by atoms with Crippen molar-refractivity contribution < 1.29 is 18.4 Å². The van der Waals surface area contributed by atoms with E-state index in [1.54, 1.807) is 0 Å². The first-order chi connectivity index (χ1) is 8.48. The van der Waals surface area contributed by atoms with E-state index in [1.165, 1.54) is 0 Å². The quantitative estimate of drug-likeness (QED) is 0.628. The summed E-state index contributed by atoms with van der Waals surface area (Å²) >= 11 is 0. The number of hydrogen-bond donors (Lipinski definition) is 3. The molecule has 0 aromatic heterocycles. The van der Waals surface area contributed by atoms with E-state index in [0.717, 1.165) is 12.8 Å². The molecular weight excluding hydrogens is 280 g/mol. The third-order valence-corrected chi connectivity index (χ3v) is 3.10. The van der Waals surface area contributed by atoms with Gasteiger partial charge in [-0.2, -0.15) is 0 Å². The van der Waals surface area contributed by atoms with Gasteiger partial charge in [0.1, 0.15) is 0 Å². The predicted octanol–water partition coefficient (Wildman–Crippen LogP) is 0.0478. The van der Waals surface area contributed by atoms with Gasteiger partial charge in [-0.15, -0.1) is 12.4 Å². The normalized spacial score (nSPS) is 24.4. The predicted molar refractivity (Wildman–Crippen MR) is 67.3 cm³/mol. The Morgan fingerprint density at radius 1 is 1.16 bits per heavy atom. The first-order valence-electron chi connectivity index (χ1n) is 6.14. The van der Waals surface area contributed by atoms with E-state index >= 15 is 0 Å². The highest BCUT2D eigenvalue weighted by atomic mass is 35.5. The molecule has 1 saturated heterocycles. The fourth-order valence-corrected chi connectivity index (χ4v) is 1.89. The molecule has 0 aromatic rings. The summed E-state index contributed by atoms with van der Waals surface area (Å²) in [4.78, 5) is 22.8.